The van der Waals surface area contributed by atoms with Crippen molar-refractivity contribution in [3.8, 4) is 0 Å². The number of piperidine rings is 1. The number of cyclic esters (lactones) is 1. The second-order valence-electron chi connectivity index (χ2n) is 5.64. The number of likely N-dealkylation sites (tertiary alicyclic amines) is 1. The molecule has 1 aromatic heterocycles. The van der Waals surface area contributed by atoms with Crippen molar-refractivity contribution in [2.45, 2.75) is 31.5 Å². The first-order chi connectivity index (χ1) is 11.6. The van der Waals surface area contributed by atoms with Gasteiger partial charge < -0.3 is 14.4 Å². The number of carbonyl (C=O) groups is 3. The first-order valence-electron chi connectivity index (χ1n) is 7.61. The molecule has 11 nitrogen and oxygen atoms in total. The molecule has 0 unspecified atom stereocenters. The van der Waals surface area contributed by atoms with Gasteiger partial charge in [0, 0.05) is 19.1 Å². The Bertz CT molecular complexity index is 612. The molecule has 2 saturated heterocycles. The Kier molecular flexibility index (Phi) is 4.58. The van der Waals surface area contributed by atoms with Crippen LogP contribution < -0.4 is 0 Å². The van der Waals surface area contributed by atoms with Crippen LogP contribution in [0, 0.1) is 0 Å². The second kappa shape index (κ2) is 6.81. The SMILES string of the molecule is COC(=O)[C@@H]1COC(=O)N1C1CCN(C(=O)Cn2cnnn2)CC1. The van der Waals surface area contributed by atoms with Crippen molar-refractivity contribution in [1.82, 2.24) is 30.0 Å². The minimum absolute atomic E-state index is 0.00392. The summed E-state index contributed by atoms with van der Waals surface area (Å²) in [7, 11) is 1.28. The number of methoxy groups -OCH3 is 1. The summed E-state index contributed by atoms with van der Waals surface area (Å²) in [5, 5.41) is 10.6. The van der Waals surface area contributed by atoms with Gasteiger partial charge in [-0.05, 0) is 23.3 Å². The molecule has 0 bridgehead atoms. The standard InChI is InChI=1S/C13H18N6O5/c1-23-12(21)10-7-24-13(22)19(10)9-2-4-17(5-3-9)11(20)6-18-8-14-15-16-18/h8-10H,2-7H2,1H3/t10-/m0/s1. The molecule has 3 heterocycles. The first-order valence-corrected chi connectivity index (χ1v) is 7.61. The Morgan fingerprint density at radius 3 is 2.75 bits per heavy atom. The zero-order chi connectivity index (χ0) is 17.1. The third-order valence-corrected chi connectivity index (χ3v) is 4.28. The molecule has 130 valence electrons. The molecule has 0 saturated carbocycles. The molecule has 2 fully saturated rings. The van der Waals surface area contributed by atoms with Gasteiger partial charge in [0.15, 0.2) is 6.04 Å². The molecule has 3 rings (SSSR count). The summed E-state index contributed by atoms with van der Waals surface area (Å²) in [4.78, 5) is 39.0. The van der Waals surface area contributed by atoms with Crippen molar-refractivity contribution in [3.05, 3.63) is 6.33 Å². The van der Waals surface area contributed by atoms with Crippen LogP contribution in [0.2, 0.25) is 0 Å². The number of hydrogen-bond acceptors (Lipinski definition) is 8. The van der Waals surface area contributed by atoms with Gasteiger partial charge >= 0.3 is 12.1 Å². The number of carbonyl (C=O) groups excluding carboxylic acids is 3. The largest absolute Gasteiger partial charge is 0.467 e. The lowest BCUT2D eigenvalue weighted by Crippen LogP contribution is -2.52. The maximum Gasteiger partial charge on any atom is 0.410 e. The maximum absolute atomic E-state index is 12.2. The molecule has 0 N–H and O–H groups in total. The van der Waals surface area contributed by atoms with Crippen LogP contribution in [0.15, 0.2) is 6.33 Å². The highest BCUT2D eigenvalue weighted by molar-refractivity contribution is 5.84. The molecule has 0 spiro atoms. The molecule has 0 aromatic carbocycles. The van der Waals surface area contributed by atoms with Crippen molar-refractivity contribution >= 4 is 18.0 Å². The second-order valence-corrected chi connectivity index (χ2v) is 5.64. The molecule has 11 heteroatoms. The van der Waals surface area contributed by atoms with Gasteiger partial charge in [0.1, 0.15) is 19.5 Å². The Morgan fingerprint density at radius 1 is 1.38 bits per heavy atom. The number of tetrazole rings is 1. The summed E-state index contributed by atoms with van der Waals surface area (Å²) < 4.78 is 11.1. The fourth-order valence-electron chi connectivity index (χ4n) is 3.04. The van der Waals surface area contributed by atoms with Gasteiger partial charge in [0.05, 0.1) is 7.11 Å². The number of nitrogens with zero attached hydrogens (tertiary/aromatic N) is 6. The highest BCUT2D eigenvalue weighted by Gasteiger charge is 2.44. The topological polar surface area (TPSA) is 120 Å². The minimum atomic E-state index is -0.712. The van der Waals surface area contributed by atoms with E-state index in [1.807, 2.05) is 0 Å². The molecule has 0 radical (unpaired) electrons. The van der Waals surface area contributed by atoms with Gasteiger partial charge in [0.25, 0.3) is 0 Å². The fraction of sp³-hybridized carbons (Fsp3) is 0.692. The molecule has 24 heavy (non-hydrogen) atoms. The van der Waals surface area contributed by atoms with E-state index in [1.54, 1.807) is 4.90 Å². The van der Waals surface area contributed by atoms with Crippen molar-refractivity contribution < 1.29 is 23.9 Å². The number of aromatic nitrogens is 4. The molecule has 2 amide bonds. The predicted octanol–water partition coefficient (Wildman–Crippen LogP) is -1.34. The van der Waals surface area contributed by atoms with Crippen molar-refractivity contribution in [2.75, 3.05) is 26.8 Å². The summed E-state index contributed by atoms with van der Waals surface area (Å²) in [5.41, 5.74) is 0. The Balaban J connectivity index is 1.57. The van der Waals surface area contributed by atoms with Gasteiger partial charge in [-0.3, -0.25) is 9.69 Å². The van der Waals surface area contributed by atoms with Crippen LogP contribution in [0.25, 0.3) is 0 Å². The van der Waals surface area contributed by atoms with E-state index in [4.69, 9.17) is 9.47 Å². The van der Waals surface area contributed by atoms with E-state index in [-0.39, 0.29) is 25.1 Å². The zero-order valence-electron chi connectivity index (χ0n) is 13.2. The van der Waals surface area contributed by atoms with E-state index in [2.05, 4.69) is 15.5 Å². The normalized spacial score (nSPS) is 21.7. The molecule has 2 aliphatic rings. The first kappa shape index (κ1) is 16.1. The lowest BCUT2D eigenvalue weighted by Gasteiger charge is -2.37. The Morgan fingerprint density at radius 2 is 2.12 bits per heavy atom. The number of hydrogen-bond donors (Lipinski definition) is 0. The summed E-state index contributed by atoms with van der Waals surface area (Å²) in [6.07, 6.45) is 2.02. The van der Waals surface area contributed by atoms with Gasteiger partial charge in [-0.15, -0.1) is 5.10 Å². The van der Waals surface area contributed by atoms with Gasteiger partial charge in [0.2, 0.25) is 5.91 Å². The van der Waals surface area contributed by atoms with Crippen LogP contribution in [0.5, 0.6) is 0 Å². The van der Waals surface area contributed by atoms with E-state index < -0.39 is 18.1 Å². The number of amides is 2. The molecule has 0 aliphatic carbocycles. The van der Waals surface area contributed by atoms with Crippen LogP contribution in [-0.2, 0) is 25.6 Å². The quantitative estimate of drug-likeness (QED) is 0.619. The molecule has 2 aliphatic heterocycles. The zero-order valence-corrected chi connectivity index (χ0v) is 13.2. The minimum Gasteiger partial charge on any atom is -0.467 e. The van der Waals surface area contributed by atoms with Crippen LogP contribution >= 0.6 is 0 Å². The molecule has 1 atom stereocenters. The highest BCUT2D eigenvalue weighted by atomic mass is 16.6. The van der Waals surface area contributed by atoms with Gasteiger partial charge in [-0.25, -0.2) is 14.3 Å². The summed E-state index contributed by atoms with van der Waals surface area (Å²) in [5.74, 6) is -0.577. The monoisotopic (exact) mass is 338 g/mol. The van der Waals surface area contributed by atoms with Crippen molar-refractivity contribution in [2.24, 2.45) is 0 Å². The van der Waals surface area contributed by atoms with E-state index in [0.717, 1.165) is 0 Å². The van der Waals surface area contributed by atoms with E-state index in [1.165, 1.54) is 23.0 Å². The number of ether oxygens (including phenoxy) is 2. The van der Waals surface area contributed by atoms with E-state index >= 15 is 0 Å². The summed E-state index contributed by atoms with van der Waals surface area (Å²) in [6, 6.07) is -0.864. The average molecular weight is 338 g/mol. The molecular formula is C13H18N6O5. The van der Waals surface area contributed by atoms with Crippen LogP contribution in [0.4, 0.5) is 4.79 Å². The van der Waals surface area contributed by atoms with Crippen molar-refractivity contribution in [3.63, 3.8) is 0 Å². The Labute approximate surface area is 137 Å². The average Bonchev–Trinajstić information content (AvgIpc) is 3.24. The van der Waals surface area contributed by atoms with Crippen molar-refractivity contribution in [1.29, 1.82) is 0 Å². The number of rotatable bonds is 4. The third-order valence-electron chi connectivity index (χ3n) is 4.28. The smallest absolute Gasteiger partial charge is 0.410 e. The summed E-state index contributed by atoms with van der Waals surface area (Å²) >= 11 is 0. The van der Waals surface area contributed by atoms with Crippen LogP contribution in [-0.4, -0.2) is 86.9 Å². The number of esters is 1. The molecule has 1 aromatic rings. The van der Waals surface area contributed by atoms with Crippen LogP contribution in [0.1, 0.15) is 12.8 Å². The highest BCUT2D eigenvalue weighted by Crippen LogP contribution is 2.24. The predicted molar refractivity (Wildman–Crippen MR) is 76.4 cm³/mol. The lowest BCUT2D eigenvalue weighted by atomic mass is 10.0. The van der Waals surface area contributed by atoms with E-state index in [0.29, 0.717) is 25.9 Å². The van der Waals surface area contributed by atoms with E-state index in [9.17, 15) is 14.4 Å². The van der Waals surface area contributed by atoms with Gasteiger partial charge in [-0.2, -0.15) is 0 Å². The third kappa shape index (κ3) is 3.14. The fourth-order valence-corrected chi connectivity index (χ4v) is 3.04. The lowest BCUT2D eigenvalue weighted by molar-refractivity contribution is -0.146. The Hall–Kier alpha value is -2.72. The maximum atomic E-state index is 12.2. The molecular weight excluding hydrogens is 320 g/mol. The van der Waals surface area contributed by atoms with Gasteiger partial charge in [-0.1, -0.05) is 0 Å². The summed E-state index contributed by atoms with van der Waals surface area (Å²) in [6.45, 7) is 1.06. The van der Waals surface area contributed by atoms with Crippen LogP contribution in [0.3, 0.4) is 0 Å².